The van der Waals surface area contributed by atoms with E-state index in [-0.39, 0.29) is 0 Å². The molecule has 1 heterocycles. The summed E-state index contributed by atoms with van der Waals surface area (Å²) in [6, 6.07) is 8.68. The van der Waals surface area contributed by atoms with Crippen LogP contribution in [0.4, 0.5) is 0 Å². The lowest BCUT2D eigenvalue weighted by molar-refractivity contribution is 0.508. The van der Waals surface area contributed by atoms with Gasteiger partial charge in [0.05, 0.1) is 0 Å². The van der Waals surface area contributed by atoms with Gasteiger partial charge in [-0.2, -0.15) is 5.10 Å². The van der Waals surface area contributed by atoms with Crippen LogP contribution in [0.2, 0.25) is 0 Å². The van der Waals surface area contributed by atoms with Gasteiger partial charge in [0.15, 0.2) is 0 Å². The molecular weight excluding hydrogens is 270 g/mol. The van der Waals surface area contributed by atoms with Gasteiger partial charge in [0.1, 0.15) is 12.2 Å². The Morgan fingerprint density at radius 3 is 2.60 bits per heavy atom. The third-order valence-corrected chi connectivity index (χ3v) is 3.90. The molecule has 0 spiro atoms. The summed E-state index contributed by atoms with van der Waals surface area (Å²) in [5, 5.41) is 4.27. The van der Waals surface area contributed by atoms with Crippen LogP contribution in [-0.2, 0) is 19.4 Å². The maximum atomic E-state index is 6.14. The van der Waals surface area contributed by atoms with Gasteiger partial charge >= 0.3 is 0 Å². The summed E-state index contributed by atoms with van der Waals surface area (Å²) in [5.74, 6) is 2.09. The second kappa shape index (κ2) is 7.44. The minimum absolute atomic E-state index is 0.402. The zero-order valence-electron chi connectivity index (χ0n) is 12.2. The Morgan fingerprint density at radius 2 is 1.95 bits per heavy atom. The Balaban J connectivity index is 2.01. The molecule has 0 radical (unpaired) electrons. The van der Waals surface area contributed by atoms with Crippen LogP contribution in [0.1, 0.15) is 30.3 Å². The Kier molecular flexibility index (Phi) is 5.60. The van der Waals surface area contributed by atoms with E-state index >= 15 is 0 Å². The lowest BCUT2D eigenvalue weighted by Gasteiger charge is -2.14. The van der Waals surface area contributed by atoms with Crippen molar-refractivity contribution in [1.82, 2.24) is 14.8 Å². The fourth-order valence-electron chi connectivity index (χ4n) is 2.34. The number of aryl methyl sites for hydroxylation is 2. The SMILES string of the molecule is CCCn1ncnc1CC(CCl)Cc1ccc(C)cc1. The first-order valence-electron chi connectivity index (χ1n) is 7.21. The molecule has 0 amide bonds. The molecule has 0 saturated carbocycles. The van der Waals surface area contributed by atoms with E-state index in [1.54, 1.807) is 6.33 Å². The van der Waals surface area contributed by atoms with E-state index in [4.69, 9.17) is 11.6 Å². The molecule has 20 heavy (non-hydrogen) atoms. The first-order valence-corrected chi connectivity index (χ1v) is 7.74. The Hall–Kier alpha value is -1.35. The standard InChI is InChI=1S/C16H22ClN3/c1-3-8-20-16(18-12-19-20)10-15(11-17)9-14-6-4-13(2)5-7-14/h4-7,12,15H,3,8-11H2,1-2H3. The van der Waals surface area contributed by atoms with Crippen molar-refractivity contribution in [2.45, 2.75) is 39.7 Å². The molecule has 0 aliphatic carbocycles. The summed E-state index contributed by atoms with van der Waals surface area (Å²) in [6.45, 7) is 5.18. The normalized spacial score (nSPS) is 12.6. The molecule has 1 atom stereocenters. The second-order valence-electron chi connectivity index (χ2n) is 5.31. The molecule has 1 aromatic heterocycles. The zero-order chi connectivity index (χ0) is 14.4. The topological polar surface area (TPSA) is 30.7 Å². The number of benzene rings is 1. The fourth-order valence-corrected chi connectivity index (χ4v) is 2.56. The maximum absolute atomic E-state index is 6.14. The van der Waals surface area contributed by atoms with Crippen molar-refractivity contribution in [3.63, 3.8) is 0 Å². The Morgan fingerprint density at radius 1 is 1.20 bits per heavy atom. The van der Waals surface area contributed by atoms with Crippen molar-refractivity contribution in [1.29, 1.82) is 0 Å². The number of aromatic nitrogens is 3. The van der Waals surface area contributed by atoms with E-state index in [9.17, 15) is 0 Å². The Bertz CT molecular complexity index is 519. The molecule has 4 heteroatoms. The van der Waals surface area contributed by atoms with Crippen LogP contribution in [0.5, 0.6) is 0 Å². The maximum Gasteiger partial charge on any atom is 0.138 e. The fraction of sp³-hybridized carbons (Fsp3) is 0.500. The predicted octanol–water partition coefficient (Wildman–Crippen LogP) is 3.64. The van der Waals surface area contributed by atoms with E-state index in [1.807, 2.05) is 4.68 Å². The summed E-state index contributed by atoms with van der Waals surface area (Å²) in [4.78, 5) is 4.37. The first-order chi connectivity index (χ1) is 9.72. The molecule has 0 fully saturated rings. The summed E-state index contributed by atoms with van der Waals surface area (Å²) in [7, 11) is 0. The highest BCUT2D eigenvalue weighted by Crippen LogP contribution is 2.16. The molecule has 2 rings (SSSR count). The van der Waals surface area contributed by atoms with E-state index < -0.39 is 0 Å². The van der Waals surface area contributed by atoms with Crippen molar-refractivity contribution in [2.24, 2.45) is 5.92 Å². The van der Waals surface area contributed by atoms with Gasteiger partial charge in [-0.25, -0.2) is 4.98 Å². The summed E-state index contributed by atoms with van der Waals surface area (Å²) in [6.07, 6.45) is 4.59. The molecule has 0 bridgehead atoms. The van der Waals surface area contributed by atoms with Crippen LogP contribution >= 0.6 is 11.6 Å². The number of alkyl halides is 1. The van der Waals surface area contributed by atoms with Crippen molar-refractivity contribution in [3.05, 3.63) is 47.5 Å². The van der Waals surface area contributed by atoms with E-state index in [1.165, 1.54) is 11.1 Å². The van der Waals surface area contributed by atoms with Gasteiger partial charge in [-0.15, -0.1) is 11.6 Å². The molecule has 0 N–H and O–H groups in total. The molecule has 0 aliphatic rings. The number of halogens is 1. The molecular formula is C16H22ClN3. The predicted molar refractivity (Wildman–Crippen MR) is 83.1 cm³/mol. The van der Waals surface area contributed by atoms with E-state index in [0.717, 1.165) is 31.6 Å². The van der Waals surface area contributed by atoms with Crippen molar-refractivity contribution < 1.29 is 0 Å². The number of rotatable bonds is 7. The van der Waals surface area contributed by atoms with E-state index in [2.05, 4.69) is 48.2 Å². The largest absolute Gasteiger partial charge is 0.250 e. The average molecular weight is 292 g/mol. The van der Waals surface area contributed by atoms with Gasteiger partial charge < -0.3 is 0 Å². The van der Waals surface area contributed by atoms with Crippen LogP contribution in [0.25, 0.3) is 0 Å². The number of nitrogens with zero attached hydrogens (tertiary/aromatic N) is 3. The van der Waals surface area contributed by atoms with Crippen LogP contribution in [0.15, 0.2) is 30.6 Å². The van der Waals surface area contributed by atoms with Crippen LogP contribution in [0, 0.1) is 12.8 Å². The highest BCUT2D eigenvalue weighted by molar-refractivity contribution is 6.18. The van der Waals surface area contributed by atoms with Gasteiger partial charge in [-0.05, 0) is 31.2 Å². The monoisotopic (exact) mass is 291 g/mol. The lowest BCUT2D eigenvalue weighted by atomic mass is 9.97. The van der Waals surface area contributed by atoms with Gasteiger partial charge in [0.2, 0.25) is 0 Å². The van der Waals surface area contributed by atoms with Gasteiger partial charge in [-0.1, -0.05) is 36.8 Å². The molecule has 3 nitrogen and oxygen atoms in total. The summed E-state index contributed by atoms with van der Waals surface area (Å²) < 4.78 is 1.99. The minimum Gasteiger partial charge on any atom is -0.250 e. The summed E-state index contributed by atoms with van der Waals surface area (Å²) >= 11 is 6.14. The smallest absolute Gasteiger partial charge is 0.138 e. The van der Waals surface area contributed by atoms with Crippen LogP contribution < -0.4 is 0 Å². The second-order valence-corrected chi connectivity index (χ2v) is 5.62. The molecule has 2 aromatic rings. The van der Waals surface area contributed by atoms with E-state index in [0.29, 0.717) is 11.8 Å². The quantitative estimate of drug-likeness (QED) is 0.729. The third-order valence-electron chi connectivity index (χ3n) is 3.47. The zero-order valence-corrected chi connectivity index (χ0v) is 13.0. The van der Waals surface area contributed by atoms with Crippen molar-refractivity contribution >= 4 is 11.6 Å². The van der Waals surface area contributed by atoms with Crippen molar-refractivity contribution in [3.8, 4) is 0 Å². The molecule has 1 unspecified atom stereocenters. The number of hydrogen-bond acceptors (Lipinski definition) is 2. The van der Waals surface area contributed by atoms with Crippen LogP contribution in [-0.4, -0.2) is 20.6 Å². The van der Waals surface area contributed by atoms with Gasteiger partial charge in [0.25, 0.3) is 0 Å². The molecule has 0 aliphatic heterocycles. The third kappa shape index (κ3) is 4.07. The van der Waals surface area contributed by atoms with Crippen molar-refractivity contribution in [2.75, 3.05) is 5.88 Å². The Labute approximate surface area is 126 Å². The molecule has 108 valence electrons. The molecule has 1 aromatic carbocycles. The lowest BCUT2D eigenvalue weighted by Crippen LogP contribution is -2.15. The summed E-state index contributed by atoms with van der Waals surface area (Å²) in [5.41, 5.74) is 2.63. The molecule has 0 saturated heterocycles. The van der Waals surface area contributed by atoms with Crippen LogP contribution in [0.3, 0.4) is 0 Å². The number of hydrogen-bond donors (Lipinski definition) is 0. The highest BCUT2D eigenvalue weighted by atomic mass is 35.5. The van der Waals surface area contributed by atoms with Gasteiger partial charge in [0, 0.05) is 18.8 Å². The van der Waals surface area contributed by atoms with Gasteiger partial charge in [-0.3, -0.25) is 4.68 Å². The average Bonchev–Trinajstić information content (AvgIpc) is 2.88. The highest BCUT2D eigenvalue weighted by Gasteiger charge is 2.13. The minimum atomic E-state index is 0.402. The first kappa shape index (κ1) is 15.0.